The summed E-state index contributed by atoms with van der Waals surface area (Å²) in [5.74, 6) is -0.282. The van der Waals surface area contributed by atoms with Crippen LogP contribution in [0, 0.1) is 5.82 Å². The minimum absolute atomic E-state index is 0.0202. The standard InChI is InChI=1S/C13H15FN2O/c14-12-5-1-4-10-11(12)8-16(13(10)17)9-3-2-6-15-7-9/h1,4-5,9,15H,2-3,6-8H2. The largest absolute Gasteiger partial charge is 0.330 e. The van der Waals surface area contributed by atoms with Gasteiger partial charge in [0.15, 0.2) is 0 Å². The summed E-state index contributed by atoms with van der Waals surface area (Å²) < 4.78 is 13.6. The van der Waals surface area contributed by atoms with Crippen LogP contribution in [-0.4, -0.2) is 29.9 Å². The average Bonchev–Trinajstić information content (AvgIpc) is 2.70. The number of benzene rings is 1. The van der Waals surface area contributed by atoms with Crippen molar-refractivity contribution < 1.29 is 9.18 Å². The second kappa shape index (κ2) is 4.11. The lowest BCUT2D eigenvalue weighted by Crippen LogP contribution is -2.46. The van der Waals surface area contributed by atoms with E-state index in [2.05, 4.69) is 5.32 Å². The number of amides is 1. The predicted molar refractivity (Wildman–Crippen MR) is 62.2 cm³/mol. The molecule has 3 nitrogen and oxygen atoms in total. The van der Waals surface area contributed by atoms with E-state index in [-0.39, 0.29) is 17.8 Å². The Morgan fingerprint density at radius 3 is 3.00 bits per heavy atom. The fraction of sp³-hybridized carbons (Fsp3) is 0.462. The maximum atomic E-state index is 13.6. The Bertz CT molecular complexity index is 455. The molecule has 3 rings (SSSR count). The van der Waals surface area contributed by atoms with E-state index in [9.17, 15) is 9.18 Å². The van der Waals surface area contributed by atoms with Gasteiger partial charge in [0.2, 0.25) is 0 Å². The van der Waals surface area contributed by atoms with Crippen LogP contribution in [0.15, 0.2) is 18.2 Å². The van der Waals surface area contributed by atoms with Gasteiger partial charge in [0.05, 0.1) is 6.54 Å². The Morgan fingerprint density at radius 1 is 1.41 bits per heavy atom. The molecule has 17 heavy (non-hydrogen) atoms. The van der Waals surface area contributed by atoms with Gasteiger partial charge < -0.3 is 10.2 Å². The number of halogens is 1. The smallest absolute Gasteiger partial charge is 0.254 e. The number of piperidine rings is 1. The third-order valence-corrected chi connectivity index (χ3v) is 3.65. The van der Waals surface area contributed by atoms with Crippen molar-refractivity contribution in [3.05, 3.63) is 35.1 Å². The van der Waals surface area contributed by atoms with Gasteiger partial charge in [-0.05, 0) is 31.5 Å². The van der Waals surface area contributed by atoms with E-state index in [0.29, 0.717) is 17.7 Å². The summed E-state index contributed by atoms with van der Waals surface area (Å²) in [6.45, 7) is 2.26. The Labute approximate surface area is 99.6 Å². The second-order valence-corrected chi connectivity index (χ2v) is 4.70. The number of hydrogen-bond donors (Lipinski definition) is 1. The molecular formula is C13H15FN2O. The van der Waals surface area contributed by atoms with Gasteiger partial charge in [0.1, 0.15) is 5.82 Å². The molecular weight excluding hydrogens is 219 g/mol. The second-order valence-electron chi connectivity index (χ2n) is 4.70. The van der Waals surface area contributed by atoms with Crippen LogP contribution >= 0.6 is 0 Å². The van der Waals surface area contributed by atoms with Crippen molar-refractivity contribution in [2.24, 2.45) is 0 Å². The van der Waals surface area contributed by atoms with Crippen LogP contribution < -0.4 is 5.32 Å². The molecule has 0 aromatic heterocycles. The Balaban J connectivity index is 1.88. The Morgan fingerprint density at radius 2 is 2.29 bits per heavy atom. The summed E-state index contributed by atoms with van der Waals surface area (Å²) in [5, 5.41) is 3.29. The zero-order valence-electron chi connectivity index (χ0n) is 9.58. The van der Waals surface area contributed by atoms with Crippen molar-refractivity contribution in [3.8, 4) is 0 Å². The fourth-order valence-corrected chi connectivity index (χ4v) is 2.71. The monoisotopic (exact) mass is 234 g/mol. The number of hydrogen-bond acceptors (Lipinski definition) is 2. The maximum Gasteiger partial charge on any atom is 0.254 e. The molecule has 2 heterocycles. The van der Waals surface area contributed by atoms with Gasteiger partial charge >= 0.3 is 0 Å². The van der Waals surface area contributed by atoms with Crippen molar-refractivity contribution in [1.82, 2.24) is 10.2 Å². The molecule has 1 unspecified atom stereocenters. The van der Waals surface area contributed by atoms with E-state index in [1.165, 1.54) is 6.07 Å². The minimum Gasteiger partial charge on any atom is -0.330 e. The first-order valence-electron chi connectivity index (χ1n) is 6.06. The first kappa shape index (κ1) is 10.7. The summed E-state index contributed by atoms with van der Waals surface area (Å²) in [4.78, 5) is 14.0. The molecule has 0 spiro atoms. The highest BCUT2D eigenvalue weighted by Crippen LogP contribution is 2.28. The van der Waals surface area contributed by atoms with Crippen molar-refractivity contribution in [3.63, 3.8) is 0 Å². The quantitative estimate of drug-likeness (QED) is 0.799. The number of nitrogens with one attached hydrogen (secondary N) is 1. The number of rotatable bonds is 1. The maximum absolute atomic E-state index is 13.6. The van der Waals surface area contributed by atoms with Gasteiger partial charge in [-0.25, -0.2) is 4.39 Å². The van der Waals surface area contributed by atoms with Gasteiger partial charge in [0.25, 0.3) is 5.91 Å². The Kier molecular flexibility index (Phi) is 2.59. The van der Waals surface area contributed by atoms with Crippen LogP contribution in [0.3, 0.4) is 0 Å². The highest BCUT2D eigenvalue weighted by molar-refractivity contribution is 5.98. The molecule has 1 aromatic carbocycles. The van der Waals surface area contributed by atoms with E-state index in [1.807, 2.05) is 0 Å². The molecule has 2 aliphatic rings. The topological polar surface area (TPSA) is 32.3 Å². The first-order valence-corrected chi connectivity index (χ1v) is 6.06. The normalized spacial score (nSPS) is 23.9. The number of carbonyl (C=O) groups excluding carboxylic acids is 1. The van der Waals surface area contributed by atoms with Gasteiger partial charge in [-0.3, -0.25) is 4.79 Å². The molecule has 90 valence electrons. The highest BCUT2D eigenvalue weighted by atomic mass is 19.1. The van der Waals surface area contributed by atoms with Crippen LogP contribution in [0.4, 0.5) is 4.39 Å². The van der Waals surface area contributed by atoms with Crippen LogP contribution in [0.5, 0.6) is 0 Å². The lowest BCUT2D eigenvalue weighted by Gasteiger charge is -2.31. The van der Waals surface area contributed by atoms with Crippen molar-refractivity contribution in [2.75, 3.05) is 13.1 Å². The molecule has 1 fully saturated rings. The van der Waals surface area contributed by atoms with Crippen LogP contribution in [-0.2, 0) is 6.54 Å². The first-order chi connectivity index (χ1) is 8.27. The molecule has 1 saturated heterocycles. The average molecular weight is 234 g/mol. The van der Waals surface area contributed by atoms with Crippen LogP contribution in [0.25, 0.3) is 0 Å². The molecule has 0 aliphatic carbocycles. The number of carbonyl (C=O) groups is 1. The van der Waals surface area contributed by atoms with Crippen molar-refractivity contribution >= 4 is 5.91 Å². The summed E-state index contributed by atoms with van der Waals surface area (Å²) in [5.41, 5.74) is 1.10. The lowest BCUT2D eigenvalue weighted by atomic mass is 10.1. The molecule has 0 radical (unpaired) electrons. The van der Waals surface area contributed by atoms with E-state index >= 15 is 0 Å². The minimum atomic E-state index is -0.262. The zero-order chi connectivity index (χ0) is 11.8. The molecule has 4 heteroatoms. The summed E-state index contributed by atoms with van der Waals surface area (Å²) in [6, 6.07) is 4.96. The molecule has 2 aliphatic heterocycles. The highest BCUT2D eigenvalue weighted by Gasteiger charge is 2.34. The molecule has 1 atom stereocenters. The lowest BCUT2D eigenvalue weighted by molar-refractivity contribution is 0.0674. The fourth-order valence-electron chi connectivity index (χ4n) is 2.71. The van der Waals surface area contributed by atoms with Gasteiger partial charge in [-0.2, -0.15) is 0 Å². The summed E-state index contributed by atoms with van der Waals surface area (Å²) in [6.07, 6.45) is 2.08. The van der Waals surface area contributed by atoms with Crippen LogP contribution in [0.2, 0.25) is 0 Å². The summed E-state index contributed by atoms with van der Waals surface area (Å²) >= 11 is 0. The third-order valence-electron chi connectivity index (χ3n) is 3.65. The van der Waals surface area contributed by atoms with E-state index in [4.69, 9.17) is 0 Å². The van der Waals surface area contributed by atoms with Gasteiger partial charge in [0, 0.05) is 23.7 Å². The number of nitrogens with zero attached hydrogens (tertiary/aromatic N) is 1. The predicted octanol–water partition coefficient (Wildman–Crippen LogP) is 1.53. The van der Waals surface area contributed by atoms with Crippen molar-refractivity contribution in [1.29, 1.82) is 0 Å². The molecule has 1 N–H and O–H groups in total. The van der Waals surface area contributed by atoms with E-state index < -0.39 is 0 Å². The molecule has 0 saturated carbocycles. The zero-order valence-corrected chi connectivity index (χ0v) is 9.58. The molecule has 1 aromatic rings. The van der Waals surface area contributed by atoms with E-state index in [0.717, 1.165) is 25.9 Å². The van der Waals surface area contributed by atoms with Gasteiger partial charge in [-0.15, -0.1) is 0 Å². The Hall–Kier alpha value is -1.42. The molecule has 1 amide bonds. The van der Waals surface area contributed by atoms with E-state index in [1.54, 1.807) is 17.0 Å². The third kappa shape index (κ3) is 1.72. The summed E-state index contributed by atoms with van der Waals surface area (Å²) in [7, 11) is 0. The number of fused-ring (bicyclic) bond motifs is 1. The van der Waals surface area contributed by atoms with Crippen LogP contribution in [0.1, 0.15) is 28.8 Å². The molecule has 0 bridgehead atoms. The van der Waals surface area contributed by atoms with Gasteiger partial charge in [-0.1, -0.05) is 6.07 Å². The van der Waals surface area contributed by atoms with Crippen molar-refractivity contribution in [2.45, 2.75) is 25.4 Å². The SMILES string of the molecule is O=C1c2cccc(F)c2CN1C1CCCNC1.